The third kappa shape index (κ3) is 5.73. The number of hydrogen-bond donors (Lipinski definition) is 2. The van der Waals surface area contributed by atoms with E-state index in [0.29, 0.717) is 0 Å². The van der Waals surface area contributed by atoms with E-state index in [1.807, 2.05) is 6.07 Å². The number of hydrogen-bond acceptors (Lipinski definition) is 7. The molecule has 0 unspecified atom stereocenters. The number of esters is 2. The van der Waals surface area contributed by atoms with E-state index in [9.17, 15) is 19.5 Å². The molecule has 152 valence electrons. The van der Waals surface area contributed by atoms with Crippen LogP contribution in [0.5, 0.6) is 0 Å². The van der Waals surface area contributed by atoms with E-state index in [1.54, 1.807) is 45.0 Å². The fourth-order valence-electron chi connectivity index (χ4n) is 2.55. The van der Waals surface area contributed by atoms with Crippen molar-refractivity contribution in [2.24, 2.45) is 0 Å². The minimum Gasteiger partial charge on any atom is -0.509 e. The molecule has 0 saturated carbocycles. The number of nitrogens with one attached hydrogen (secondary N) is 1. The van der Waals surface area contributed by atoms with Crippen LogP contribution in [0.4, 0.5) is 4.79 Å². The highest BCUT2D eigenvalue weighted by Gasteiger charge is 2.42. The number of aliphatic hydroxyl groups is 1. The highest BCUT2D eigenvalue weighted by molar-refractivity contribution is 6.15. The van der Waals surface area contributed by atoms with Gasteiger partial charge in [-0.05, 0) is 26.3 Å². The summed E-state index contributed by atoms with van der Waals surface area (Å²) in [6.45, 7) is 7.87. The summed E-state index contributed by atoms with van der Waals surface area (Å²) in [6, 6.07) is 7.85. The molecule has 1 aromatic carbocycles. The first-order chi connectivity index (χ1) is 12.9. The third-order valence-electron chi connectivity index (χ3n) is 3.65. The minimum atomic E-state index is -1.44. The van der Waals surface area contributed by atoms with Crippen molar-refractivity contribution in [3.63, 3.8) is 0 Å². The summed E-state index contributed by atoms with van der Waals surface area (Å²) in [4.78, 5) is 36.7. The van der Waals surface area contributed by atoms with Crippen molar-refractivity contribution in [3.8, 4) is 0 Å². The Kier molecular flexibility index (Phi) is 6.01. The number of amides is 1. The third-order valence-corrected chi connectivity index (χ3v) is 3.65. The number of aliphatic hydroxyl groups excluding tert-OH is 1. The van der Waals surface area contributed by atoms with Crippen molar-refractivity contribution in [2.75, 3.05) is 0 Å². The van der Waals surface area contributed by atoms with Crippen molar-refractivity contribution >= 4 is 18.0 Å². The quantitative estimate of drug-likeness (QED) is 0.351. The van der Waals surface area contributed by atoms with Crippen LogP contribution >= 0.6 is 0 Å². The van der Waals surface area contributed by atoms with Gasteiger partial charge in [-0.3, -0.25) is 0 Å². The zero-order valence-electron chi connectivity index (χ0n) is 16.6. The molecule has 1 aliphatic rings. The lowest BCUT2D eigenvalue weighted by atomic mass is 10.0. The topological polar surface area (TPSA) is 111 Å². The Labute approximate surface area is 163 Å². The normalized spacial score (nSPS) is 17.2. The molecule has 0 aliphatic carbocycles. The molecule has 1 atom stereocenters. The van der Waals surface area contributed by atoms with E-state index < -0.39 is 46.8 Å². The number of carbonyl (C=O) groups excluding carboxylic acids is 3. The zero-order chi connectivity index (χ0) is 21.1. The molecule has 0 bridgehead atoms. The van der Waals surface area contributed by atoms with E-state index in [0.717, 1.165) is 5.56 Å². The van der Waals surface area contributed by atoms with Gasteiger partial charge in [-0.1, -0.05) is 30.3 Å². The number of ether oxygens (including phenoxy) is 3. The lowest BCUT2D eigenvalue weighted by molar-refractivity contribution is -0.222. The van der Waals surface area contributed by atoms with Crippen LogP contribution in [0.25, 0.3) is 0 Å². The molecule has 1 fully saturated rings. The number of alkyl carbamates (subject to hydrolysis) is 1. The van der Waals surface area contributed by atoms with Gasteiger partial charge in [0.2, 0.25) is 0 Å². The molecule has 2 N–H and O–H groups in total. The lowest BCUT2D eigenvalue weighted by Crippen LogP contribution is -2.46. The predicted octanol–water partition coefficient (Wildman–Crippen LogP) is 2.77. The Hall–Kier alpha value is -3.03. The monoisotopic (exact) mass is 391 g/mol. The van der Waals surface area contributed by atoms with Crippen molar-refractivity contribution < 1.29 is 33.7 Å². The average molecular weight is 391 g/mol. The molecule has 28 heavy (non-hydrogen) atoms. The van der Waals surface area contributed by atoms with Crippen LogP contribution in [0.1, 0.15) is 40.2 Å². The van der Waals surface area contributed by atoms with Gasteiger partial charge in [-0.25, -0.2) is 14.4 Å². The Bertz CT molecular complexity index is 769. The van der Waals surface area contributed by atoms with Gasteiger partial charge in [0.15, 0.2) is 5.57 Å². The molecule has 1 heterocycles. The van der Waals surface area contributed by atoms with Crippen molar-refractivity contribution in [3.05, 3.63) is 47.2 Å². The SMILES string of the molecule is CC(C)(C)OC(=O)N[C@@H](Cc1ccccc1)C(O)=C1C(=O)OC(C)(C)OC1=O. The second-order valence-corrected chi connectivity index (χ2v) is 7.83. The summed E-state index contributed by atoms with van der Waals surface area (Å²) in [5, 5.41) is 13.2. The van der Waals surface area contributed by atoms with Crippen LogP contribution in [0.3, 0.4) is 0 Å². The van der Waals surface area contributed by atoms with E-state index in [-0.39, 0.29) is 6.42 Å². The molecule has 2 rings (SSSR count). The fourth-order valence-corrected chi connectivity index (χ4v) is 2.55. The summed E-state index contributed by atoms with van der Waals surface area (Å²) in [7, 11) is 0. The Morgan fingerprint density at radius 2 is 1.68 bits per heavy atom. The largest absolute Gasteiger partial charge is 0.509 e. The second kappa shape index (κ2) is 7.92. The van der Waals surface area contributed by atoms with Gasteiger partial charge in [-0.2, -0.15) is 0 Å². The number of rotatable bonds is 4. The zero-order valence-corrected chi connectivity index (χ0v) is 16.6. The maximum atomic E-state index is 12.2. The molecule has 0 radical (unpaired) electrons. The smallest absolute Gasteiger partial charge is 0.408 e. The minimum absolute atomic E-state index is 0.110. The van der Waals surface area contributed by atoms with Crippen LogP contribution in [0, 0.1) is 0 Å². The number of cyclic esters (lactones) is 2. The van der Waals surface area contributed by atoms with Gasteiger partial charge >= 0.3 is 18.0 Å². The molecule has 1 aliphatic heterocycles. The molecule has 1 saturated heterocycles. The number of carbonyl (C=O) groups is 3. The first-order valence-electron chi connectivity index (χ1n) is 8.81. The molecular formula is C20H25NO7. The highest BCUT2D eigenvalue weighted by Crippen LogP contribution is 2.26. The Balaban J connectivity index is 2.35. The van der Waals surface area contributed by atoms with Gasteiger partial charge in [0.1, 0.15) is 11.4 Å². The van der Waals surface area contributed by atoms with Gasteiger partial charge in [-0.15, -0.1) is 0 Å². The van der Waals surface area contributed by atoms with Gasteiger partial charge in [0.25, 0.3) is 5.79 Å². The van der Waals surface area contributed by atoms with E-state index in [2.05, 4.69) is 5.32 Å². The molecule has 0 spiro atoms. The Morgan fingerprint density at radius 1 is 1.14 bits per heavy atom. The first kappa shape index (κ1) is 21.3. The summed E-state index contributed by atoms with van der Waals surface area (Å²) in [6.07, 6.45) is -0.697. The average Bonchev–Trinajstić information content (AvgIpc) is 2.51. The summed E-state index contributed by atoms with van der Waals surface area (Å²) < 4.78 is 15.3. The van der Waals surface area contributed by atoms with E-state index >= 15 is 0 Å². The highest BCUT2D eigenvalue weighted by atomic mass is 16.7. The second-order valence-electron chi connectivity index (χ2n) is 7.83. The molecule has 8 heteroatoms. The van der Waals surface area contributed by atoms with Crippen LogP contribution in [-0.4, -0.2) is 40.6 Å². The van der Waals surface area contributed by atoms with E-state index in [1.165, 1.54) is 13.8 Å². The van der Waals surface area contributed by atoms with Gasteiger partial charge in [0, 0.05) is 20.3 Å². The molecule has 1 aromatic rings. The molecule has 1 amide bonds. The maximum Gasteiger partial charge on any atom is 0.408 e. The summed E-state index contributed by atoms with van der Waals surface area (Å²) >= 11 is 0. The van der Waals surface area contributed by atoms with Crippen LogP contribution < -0.4 is 5.32 Å². The van der Waals surface area contributed by atoms with Crippen LogP contribution in [0.15, 0.2) is 41.7 Å². The van der Waals surface area contributed by atoms with Crippen molar-refractivity contribution in [1.82, 2.24) is 5.32 Å². The molecule has 0 aromatic heterocycles. The van der Waals surface area contributed by atoms with Gasteiger partial charge < -0.3 is 24.6 Å². The first-order valence-corrected chi connectivity index (χ1v) is 8.81. The standard InChI is InChI=1S/C20H25NO7/c1-19(2,3)28-18(25)21-13(11-12-9-7-6-8-10-12)15(22)14-16(23)26-20(4,5)27-17(14)24/h6-10,13,22H,11H2,1-5H3,(H,21,25)/t13-/m0/s1. The van der Waals surface area contributed by atoms with E-state index in [4.69, 9.17) is 14.2 Å². The fraction of sp³-hybridized carbons (Fsp3) is 0.450. The Morgan fingerprint density at radius 3 is 2.18 bits per heavy atom. The van der Waals surface area contributed by atoms with Crippen LogP contribution in [0.2, 0.25) is 0 Å². The van der Waals surface area contributed by atoms with Crippen molar-refractivity contribution in [1.29, 1.82) is 0 Å². The van der Waals surface area contributed by atoms with Gasteiger partial charge in [0.05, 0.1) is 6.04 Å². The lowest BCUT2D eigenvalue weighted by Gasteiger charge is -2.31. The molecule has 8 nitrogen and oxygen atoms in total. The number of benzene rings is 1. The van der Waals surface area contributed by atoms with Crippen LogP contribution in [-0.2, 0) is 30.2 Å². The maximum absolute atomic E-state index is 12.2. The summed E-state index contributed by atoms with van der Waals surface area (Å²) in [5.41, 5.74) is -0.665. The summed E-state index contributed by atoms with van der Waals surface area (Å²) in [5.74, 6) is -4.14. The van der Waals surface area contributed by atoms with Crippen molar-refractivity contribution in [2.45, 2.75) is 58.5 Å². The molecular weight excluding hydrogens is 366 g/mol. The predicted molar refractivity (Wildman–Crippen MR) is 99.2 cm³/mol.